The number of ether oxygens (including phenoxy) is 2. The number of aromatic amines is 1. The molecule has 0 spiro atoms. The van der Waals surface area contributed by atoms with Gasteiger partial charge in [0.15, 0.2) is 6.10 Å². The maximum absolute atomic E-state index is 13.8. The second-order valence-electron chi connectivity index (χ2n) is 10.2. The number of carbonyl (C=O) groups excluding carboxylic acids is 3. The van der Waals surface area contributed by atoms with E-state index in [4.69, 9.17) is 14.5 Å². The molecule has 1 unspecified atom stereocenters. The molecule has 0 saturated carbocycles. The number of Topliss-reactive ketones (excluding diaryl/α,β-unsaturated/α-hetero) is 1. The molecule has 1 atom stereocenters. The Bertz CT molecular complexity index is 1700. The zero-order valence-electron chi connectivity index (χ0n) is 23.5. The van der Waals surface area contributed by atoms with E-state index in [2.05, 4.69) is 4.98 Å². The number of halogens is 1. The lowest BCUT2D eigenvalue weighted by molar-refractivity contribution is 0.0317. The van der Waals surface area contributed by atoms with Gasteiger partial charge in [0, 0.05) is 11.1 Å². The number of fused-ring (bicyclic) bond motifs is 2. The summed E-state index contributed by atoms with van der Waals surface area (Å²) in [5.74, 6) is -1.88. The Hall–Kier alpha value is -4.59. The minimum Gasteiger partial charge on any atom is -0.462 e. The first-order valence-electron chi connectivity index (χ1n) is 13.7. The number of hydrogen-bond donors (Lipinski definition) is 1. The van der Waals surface area contributed by atoms with Crippen LogP contribution in [0.5, 0.6) is 0 Å². The topological polar surface area (TPSA) is 98.4 Å². The Kier molecular flexibility index (Phi) is 7.83. The molecule has 41 heavy (non-hydrogen) atoms. The van der Waals surface area contributed by atoms with Crippen molar-refractivity contribution in [3.8, 4) is 0 Å². The standard InChI is InChI=1S/C33H31FN2O5/c1-5-40-32(38)27-18(2)29(35-19(27)3)31(37)20(4)41-33(39)28-24-10-6-7-12-26(24)36-30-22(9-8-11-25(28)30)17-21-13-15-23(34)16-14-21/h6-7,10,12-17,20,35H,5,8-9,11H2,1-4H3. The molecular weight excluding hydrogens is 523 g/mol. The number of benzene rings is 2. The first-order chi connectivity index (χ1) is 19.7. The summed E-state index contributed by atoms with van der Waals surface area (Å²) in [6.07, 6.45) is 3.03. The highest BCUT2D eigenvalue weighted by Gasteiger charge is 2.31. The minimum absolute atomic E-state index is 0.206. The Morgan fingerprint density at radius 1 is 1.02 bits per heavy atom. The van der Waals surface area contributed by atoms with Crippen LogP contribution in [0.3, 0.4) is 0 Å². The van der Waals surface area contributed by atoms with Gasteiger partial charge in [-0.05, 0) is 93.5 Å². The van der Waals surface area contributed by atoms with Crippen molar-refractivity contribution in [3.63, 3.8) is 0 Å². The third-order valence-corrected chi connectivity index (χ3v) is 7.40. The van der Waals surface area contributed by atoms with Gasteiger partial charge in [-0.3, -0.25) is 4.79 Å². The Labute approximate surface area is 237 Å². The van der Waals surface area contributed by atoms with E-state index in [1.165, 1.54) is 19.1 Å². The van der Waals surface area contributed by atoms with E-state index in [0.29, 0.717) is 45.4 Å². The van der Waals surface area contributed by atoms with Crippen LogP contribution in [0.1, 0.15) is 86.0 Å². The number of hydrogen-bond acceptors (Lipinski definition) is 6. The molecule has 0 amide bonds. The lowest BCUT2D eigenvalue weighted by Crippen LogP contribution is -2.26. The Morgan fingerprint density at radius 3 is 2.49 bits per heavy atom. The molecule has 210 valence electrons. The van der Waals surface area contributed by atoms with Gasteiger partial charge >= 0.3 is 11.9 Å². The average molecular weight is 555 g/mol. The number of nitrogens with zero attached hydrogens (tertiary/aromatic N) is 1. The summed E-state index contributed by atoms with van der Waals surface area (Å²) in [5, 5.41) is 0.649. The summed E-state index contributed by atoms with van der Waals surface area (Å²) >= 11 is 0. The van der Waals surface area contributed by atoms with Gasteiger partial charge in [0.2, 0.25) is 5.78 Å². The summed E-state index contributed by atoms with van der Waals surface area (Å²) in [7, 11) is 0. The van der Waals surface area contributed by atoms with Gasteiger partial charge in [0.1, 0.15) is 5.82 Å². The number of H-pyrrole nitrogens is 1. The van der Waals surface area contributed by atoms with E-state index >= 15 is 0 Å². The normalized spacial score (nSPS) is 14.5. The number of aryl methyl sites for hydroxylation is 1. The quantitative estimate of drug-likeness (QED) is 0.199. The van der Waals surface area contributed by atoms with E-state index in [1.54, 1.807) is 32.9 Å². The number of ketones is 1. The predicted octanol–water partition coefficient (Wildman–Crippen LogP) is 6.80. The maximum atomic E-state index is 13.8. The van der Waals surface area contributed by atoms with E-state index in [9.17, 15) is 18.8 Å². The Balaban J connectivity index is 1.50. The van der Waals surface area contributed by atoms with Gasteiger partial charge in [-0.25, -0.2) is 19.0 Å². The number of para-hydroxylation sites is 1. The van der Waals surface area contributed by atoms with Gasteiger partial charge in [0.25, 0.3) is 0 Å². The number of allylic oxidation sites excluding steroid dienone is 1. The molecule has 1 N–H and O–H groups in total. The van der Waals surface area contributed by atoms with Crippen LogP contribution >= 0.6 is 0 Å². The van der Waals surface area contributed by atoms with Crippen molar-refractivity contribution < 1.29 is 28.2 Å². The maximum Gasteiger partial charge on any atom is 0.340 e. The average Bonchev–Trinajstić information content (AvgIpc) is 3.26. The number of carbonyl (C=O) groups is 3. The molecule has 5 rings (SSSR count). The second-order valence-corrected chi connectivity index (χ2v) is 10.2. The highest BCUT2D eigenvalue weighted by molar-refractivity contribution is 6.09. The van der Waals surface area contributed by atoms with E-state index in [-0.39, 0.29) is 18.1 Å². The van der Waals surface area contributed by atoms with Crippen LogP contribution in [-0.4, -0.2) is 40.4 Å². The molecule has 0 fully saturated rings. The molecule has 0 radical (unpaired) electrons. The summed E-state index contributed by atoms with van der Waals surface area (Å²) < 4.78 is 24.4. The SMILES string of the molecule is CCOC(=O)c1c(C)[nH]c(C(=O)C(C)OC(=O)c2c3c(nc4ccccc24)C(=Cc2ccc(F)cc2)CCC3)c1C. The fraction of sp³-hybridized carbons (Fsp3) is 0.273. The van der Waals surface area contributed by atoms with Crippen molar-refractivity contribution in [2.75, 3.05) is 6.61 Å². The van der Waals surface area contributed by atoms with Crippen molar-refractivity contribution in [1.82, 2.24) is 9.97 Å². The monoisotopic (exact) mass is 554 g/mol. The molecule has 0 aliphatic heterocycles. The number of rotatable bonds is 7. The number of nitrogens with one attached hydrogen (secondary N) is 1. The molecule has 2 aromatic heterocycles. The molecule has 8 heteroatoms. The van der Waals surface area contributed by atoms with Crippen LogP contribution in [0.2, 0.25) is 0 Å². The van der Waals surface area contributed by atoms with Crippen LogP contribution in [-0.2, 0) is 15.9 Å². The van der Waals surface area contributed by atoms with Gasteiger partial charge in [0.05, 0.1) is 34.6 Å². The first-order valence-corrected chi connectivity index (χ1v) is 13.7. The molecule has 1 aliphatic rings. The van der Waals surface area contributed by atoms with Crippen LogP contribution in [0, 0.1) is 19.7 Å². The van der Waals surface area contributed by atoms with Crippen LogP contribution in [0.4, 0.5) is 4.39 Å². The highest BCUT2D eigenvalue weighted by Crippen LogP contribution is 2.36. The predicted molar refractivity (Wildman–Crippen MR) is 154 cm³/mol. The third kappa shape index (κ3) is 5.42. The molecule has 0 bridgehead atoms. The van der Waals surface area contributed by atoms with E-state index in [1.807, 2.05) is 30.3 Å². The molecule has 7 nitrogen and oxygen atoms in total. The summed E-state index contributed by atoms with van der Waals surface area (Å²) in [5.41, 5.74) is 5.77. The van der Waals surface area contributed by atoms with Gasteiger partial charge in [-0.2, -0.15) is 0 Å². The Morgan fingerprint density at radius 2 is 1.76 bits per heavy atom. The van der Waals surface area contributed by atoms with E-state index in [0.717, 1.165) is 29.5 Å². The smallest absolute Gasteiger partial charge is 0.340 e. The van der Waals surface area contributed by atoms with Crippen molar-refractivity contribution in [2.45, 2.75) is 53.1 Å². The second kappa shape index (κ2) is 11.5. The van der Waals surface area contributed by atoms with Crippen molar-refractivity contribution in [2.24, 2.45) is 0 Å². The number of esters is 2. The summed E-state index contributed by atoms with van der Waals surface area (Å²) in [4.78, 5) is 47.5. The van der Waals surface area contributed by atoms with Gasteiger partial charge < -0.3 is 14.5 Å². The largest absolute Gasteiger partial charge is 0.462 e. The van der Waals surface area contributed by atoms with Crippen molar-refractivity contribution in [1.29, 1.82) is 0 Å². The van der Waals surface area contributed by atoms with Crippen LogP contribution in [0.25, 0.3) is 22.6 Å². The van der Waals surface area contributed by atoms with Gasteiger partial charge in [-0.15, -0.1) is 0 Å². The molecule has 4 aromatic rings. The fourth-order valence-corrected chi connectivity index (χ4v) is 5.45. The number of pyridine rings is 1. The molecule has 0 saturated heterocycles. The van der Waals surface area contributed by atoms with Crippen molar-refractivity contribution >= 4 is 40.3 Å². The molecular formula is C33H31FN2O5. The summed E-state index contributed by atoms with van der Waals surface area (Å²) in [6, 6.07) is 13.6. The van der Waals surface area contributed by atoms with Crippen LogP contribution in [0.15, 0.2) is 48.5 Å². The molecule has 2 aromatic carbocycles. The molecule has 1 aliphatic carbocycles. The minimum atomic E-state index is -1.12. The highest BCUT2D eigenvalue weighted by atomic mass is 19.1. The first kappa shape index (κ1) is 28.0. The van der Waals surface area contributed by atoms with E-state index < -0.39 is 23.8 Å². The zero-order valence-corrected chi connectivity index (χ0v) is 23.5. The number of aromatic nitrogens is 2. The third-order valence-electron chi connectivity index (χ3n) is 7.40. The van der Waals surface area contributed by atoms with Crippen molar-refractivity contribution in [3.05, 3.63) is 99.2 Å². The zero-order chi connectivity index (χ0) is 29.3. The van der Waals surface area contributed by atoms with Gasteiger partial charge in [-0.1, -0.05) is 30.3 Å². The lowest BCUT2D eigenvalue weighted by Gasteiger charge is -2.23. The van der Waals surface area contributed by atoms with Crippen LogP contribution < -0.4 is 0 Å². The molecule has 2 heterocycles. The fourth-order valence-electron chi connectivity index (χ4n) is 5.45. The summed E-state index contributed by atoms with van der Waals surface area (Å²) in [6.45, 7) is 6.81. The lowest BCUT2D eigenvalue weighted by atomic mass is 9.86.